The minimum absolute atomic E-state index is 0.102. The molecule has 0 bridgehead atoms. The minimum Gasteiger partial charge on any atom is -0.435 e. The van der Waals surface area contributed by atoms with Crippen LogP contribution in [0.25, 0.3) is 77.5 Å². The Morgan fingerprint density at radius 3 is 1.72 bits per heavy atom. The zero-order valence-electron chi connectivity index (χ0n) is 31.8. The fourth-order valence-electron chi connectivity index (χ4n) is 8.92. The Labute approximate surface area is 332 Å². The maximum absolute atomic E-state index is 6.52. The predicted octanol–water partition coefficient (Wildman–Crippen LogP) is 14.9. The van der Waals surface area contributed by atoms with E-state index in [1.165, 1.54) is 38.8 Å². The number of aromatic nitrogens is 1. The summed E-state index contributed by atoms with van der Waals surface area (Å²) >= 11 is 0. The molecule has 0 atom stereocenters. The standard InChI is InChI=1S/C54H38N2O/c1-54(2)48-16-10-9-15-45(48)46-31-30-44(34-49(46)54)56(42-26-21-36(22-27-42)35-11-5-3-6-12-35)43-28-23-37(24-29-43)41-20-18-38-17-19-39-25-32-50-52(51(39)47(38)33-41)57-53(55-50)40-13-7-4-8-14-40/h3-34H,1-2H3. The molecule has 11 rings (SSSR count). The summed E-state index contributed by atoms with van der Waals surface area (Å²) in [6, 6.07) is 69.8. The number of hydrogen-bond donors (Lipinski definition) is 0. The lowest BCUT2D eigenvalue weighted by molar-refractivity contribution is 0.623. The highest BCUT2D eigenvalue weighted by Gasteiger charge is 2.35. The first-order chi connectivity index (χ1) is 28.0. The fourth-order valence-corrected chi connectivity index (χ4v) is 8.92. The van der Waals surface area contributed by atoms with E-state index in [0.717, 1.165) is 61.0 Å². The van der Waals surface area contributed by atoms with Gasteiger partial charge >= 0.3 is 0 Å². The van der Waals surface area contributed by atoms with Gasteiger partial charge in [-0.15, -0.1) is 0 Å². The molecular formula is C54H38N2O. The Morgan fingerprint density at radius 1 is 0.439 bits per heavy atom. The van der Waals surface area contributed by atoms with Crippen LogP contribution in [-0.4, -0.2) is 4.98 Å². The maximum Gasteiger partial charge on any atom is 0.227 e. The van der Waals surface area contributed by atoms with Crippen molar-refractivity contribution in [1.29, 1.82) is 0 Å². The quantitative estimate of drug-likeness (QED) is 0.160. The van der Waals surface area contributed by atoms with Crippen LogP contribution in [0, 0.1) is 0 Å². The smallest absolute Gasteiger partial charge is 0.227 e. The van der Waals surface area contributed by atoms with Gasteiger partial charge in [-0.3, -0.25) is 0 Å². The van der Waals surface area contributed by atoms with E-state index in [4.69, 9.17) is 9.40 Å². The highest BCUT2D eigenvalue weighted by molar-refractivity contribution is 6.18. The van der Waals surface area contributed by atoms with Gasteiger partial charge in [0.25, 0.3) is 0 Å². The molecule has 10 aromatic rings. The molecule has 0 fully saturated rings. The highest BCUT2D eigenvalue weighted by Crippen LogP contribution is 2.50. The van der Waals surface area contributed by atoms with Gasteiger partial charge in [0.1, 0.15) is 5.52 Å². The Hall–Kier alpha value is -7.23. The van der Waals surface area contributed by atoms with Crippen LogP contribution in [0.5, 0.6) is 0 Å². The first-order valence-corrected chi connectivity index (χ1v) is 19.6. The molecule has 1 heterocycles. The first kappa shape index (κ1) is 33.1. The normalized spacial score (nSPS) is 12.9. The first-order valence-electron chi connectivity index (χ1n) is 19.6. The predicted molar refractivity (Wildman–Crippen MR) is 238 cm³/mol. The summed E-state index contributed by atoms with van der Waals surface area (Å²) in [6.45, 7) is 4.69. The van der Waals surface area contributed by atoms with Crippen LogP contribution in [0.15, 0.2) is 199 Å². The van der Waals surface area contributed by atoms with Crippen molar-refractivity contribution in [2.75, 3.05) is 4.90 Å². The van der Waals surface area contributed by atoms with Crippen molar-refractivity contribution in [3.63, 3.8) is 0 Å². The summed E-state index contributed by atoms with van der Waals surface area (Å²) in [7, 11) is 0. The number of nitrogens with zero attached hydrogens (tertiary/aromatic N) is 2. The molecule has 1 aliphatic rings. The highest BCUT2D eigenvalue weighted by atomic mass is 16.3. The Bertz CT molecular complexity index is 3120. The number of fused-ring (bicyclic) bond motifs is 8. The lowest BCUT2D eigenvalue weighted by Gasteiger charge is -2.28. The van der Waals surface area contributed by atoms with Crippen LogP contribution in [0.4, 0.5) is 17.1 Å². The fraction of sp³-hybridized carbons (Fsp3) is 0.0556. The third-order valence-corrected chi connectivity index (χ3v) is 11.9. The van der Waals surface area contributed by atoms with Crippen molar-refractivity contribution >= 4 is 49.7 Å². The summed E-state index contributed by atoms with van der Waals surface area (Å²) in [5.41, 5.74) is 16.0. The summed E-state index contributed by atoms with van der Waals surface area (Å²) < 4.78 is 6.52. The number of hydrogen-bond acceptors (Lipinski definition) is 3. The molecule has 0 radical (unpaired) electrons. The van der Waals surface area contributed by atoms with Crippen molar-refractivity contribution in [3.8, 4) is 44.8 Å². The Balaban J connectivity index is 1.01. The molecule has 1 aromatic heterocycles. The van der Waals surface area contributed by atoms with Crippen molar-refractivity contribution in [1.82, 2.24) is 4.98 Å². The van der Waals surface area contributed by atoms with E-state index in [-0.39, 0.29) is 5.41 Å². The molecule has 3 nitrogen and oxygen atoms in total. The zero-order valence-corrected chi connectivity index (χ0v) is 31.8. The van der Waals surface area contributed by atoms with Gasteiger partial charge < -0.3 is 9.32 Å². The van der Waals surface area contributed by atoms with Gasteiger partial charge in [0.2, 0.25) is 5.89 Å². The molecule has 0 N–H and O–H groups in total. The van der Waals surface area contributed by atoms with Crippen LogP contribution < -0.4 is 4.90 Å². The maximum atomic E-state index is 6.52. The molecule has 1 aliphatic carbocycles. The third kappa shape index (κ3) is 5.46. The molecule has 0 amide bonds. The Kier molecular flexibility index (Phi) is 7.52. The molecule has 0 saturated carbocycles. The van der Waals surface area contributed by atoms with Crippen LogP contribution in [0.3, 0.4) is 0 Å². The van der Waals surface area contributed by atoms with E-state index in [0.29, 0.717) is 5.89 Å². The molecule has 0 spiro atoms. The largest absolute Gasteiger partial charge is 0.435 e. The van der Waals surface area contributed by atoms with E-state index >= 15 is 0 Å². The average molecular weight is 731 g/mol. The van der Waals surface area contributed by atoms with Crippen LogP contribution in [0.1, 0.15) is 25.0 Å². The van der Waals surface area contributed by atoms with Gasteiger partial charge in [-0.2, -0.15) is 0 Å². The summed E-state index contributed by atoms with van der Waals surface area (Å²) in [6.07, 6.45) is 0. The number of benzene rings is 9. The molecular weight excluding hydrogens is 693 g/mol. The van der Waals surface area contributed by atoms with Crippen molar-refractivity contribution in [3.05, 3.63) is 205 Å². The van der Waals surface area contributed by atoms with E-state index in [1.54, 1.807) is 0 Å². The van der Waals surface area contributed by atoms with E-state index in [9.17, 15) is 0 Å². The summed E-state index contributed by atoms with van der Waals surface area (Å²) in [5, 5.41) is 4.54. The topological polar surface area (TPSA) is 29.3 Å². The van der Waals surface area contributed by atoms with Crippen molar-refractivity contribution in [2.45, 2.75) is 19.3 Å². The number of anilines is 3. The summed E-state index contributed by atoms with van der Waals surface area (Å²) in [5.74, 6) is 0.637. The molecule has 0 aliphatic heterocycles. The van der Waals surface area contributed by atoms with Gasteiger partial charge in [0.15, 0.2) is 5.58 Å². The number of rotatable bonds is 6. The van der Waals surface area contributed by atoms with Gasteiger partial charge in [0, 0.05) is 33.4 Å². The average Bonchev–Trinajstić information content (AvgIpc) is 3.81. The number of oxazole rings is 1. The van der Waals surface area contributed by atoms with E-state index in [1.807, 2.05) is 30.3 Å². The third-order valence-electron chi connectivity index (χ3n) is 11.9. The van der Waals surface area contributed by atoms with Crippen LogP contribution >= 0.6 is 0 Å². The van der Waals surface area contributed by atoms with Gasteiger partial charge in [-0.25, -0.2) is 4.98 Å². The van der Waals surface area contributed by atoms with Crippen molar-refractivity contribution < 1.29 is 4.42 Å². The van der Waals surface area contributed by atoms with Gasteiger partial charge in [-0.1, -0.05) is 147 Å². The van der Waals surface area contributed by atoms with Gasteiger partial charge in [0.05, 0.1) is 0 Å². The second-order valence-electron chi connectivity index (χ2n) is 15.6. The van der Waals surface area contributed by atoms with Crippen molar-refractivity contribution in [2.24, 2.45) is 0 Å². The summed E-state index contributed by atoms with van der Waals surface area (Å²) in [4.78, 5) is 7.27. The molecule has 9 aromatic carbocycles. The second kappa shape index (κ2) is 12.9. The molecule has 0 unspecified atom stereocenters. The van der Waals surface area contributed by atoms with E-state index < -0.39 is 0 Å². The monoisotopic (exact) mass is 730 g/mol. The molecule has 3 heteroatoms. The molecule has 270 valence electrons. The SMILES string of the molecule is CC1(C)c2ccccc2-c2ccc(N(c3ccc(-c4ccccc4)cc3)c3ccc(-c4ccc5ccc6ccc7nc(-c8ccccc8)oc7c6c5c4)cc3)cc21. The second-order valence-corrected chi connectivity index (χ2v) is 15.6. The van der Waals surface area contributed by atoms with Crippen LogP contribution in [0.2, 0.25) is 0 Å². The van der Waals surface area contributed by atoms with Gasteiger partial charge in [-0.05, 0) is 121 Å². The molecule has 57 heavy (non-hydrogen) atoms. The van der Waals surface area contributed by atoms with Crippen LogP contribution in [-0.2, 0) is 5.41 Å². The minimum atomic E-state index is -0.102. The zero-order chi connectivity index (χ0) is 38.1. The Morgan fingerprint density at radius 2 is 0.982 bits per heavy atom. The lowest BCUT2D eigenvalue weighted by Crippen LogP contribution is -2.16. The van der Waals surface area contributed by atoms with E-state index in [2.05, 4.69) is 183 Å². The molecule has 0 saturated heterocycles. The lowest BCUT2D eigenvalue weighted by atomic mass is 9.82.